The number of aryl methyl sites for hydroxylation is 1. The van der Waals surface area contributed by atoms with Gasteiger partial charge in [-0.25, -0.2) is 9.37 Å². The van der Waals surface area contributed by atoms with Crippen LogP contribution >= 0.6 is 24.8 Å². The molecular weight excluding hydrogens is 356 g/mol. The van der Waals surface area contributed by atoms with Gasteiger partial charge in [-0.3, -0.25) is 4.79 Å². The van der Waals surface area contributed by atoms with Crippen molar-refractivity contribution in [1.29, 1.82) is 0 Å². The average molecular weight is 378 g/mol. The summed E-state index contributed by atoms with van der Waals surface area (Å²) in [4.78, 5) is 17.7. The molecule has 8 heteroatoms. The standard InChI is InChI=1S/C16H20FN3O2.2ClH/c1-11(9-18)20(2)16(21)8-7-15-19-10-14(22-15)12-5-3-4-6-13(12)17;;/h3-6,10-11H,7-9,18H2,1-2H3;2*1H. The van der Waals surface area contributed by atoms with E-state index >= 15 is 0 Å². The van der Waals surface area contributed by atoms with Crippen molar-refractivity contribution in [3.63, 3.8) is 0 Å². The molecule has 0 saturated carbocycles. The zero-order valence-corrected chi connectivity index (χ0v) is 15.2. The van der Waals surface area contributed by atoms with Crippen LogP contribution in [-0.4, -0.2) is 35.4 Å². The van der Waals surface area contributed by atoms with E-state index in [1.54, 1.807) is 30.1 Å². The molecule has 0 bridgehead atoms. The molecule has 134 valence electrons. The minimum absolute atomic E-state index is 0. The minimum atomic E-state index is -0.363. The largest absolute Gasteiger partial charge is 0.441 e. The fourth-order valence-electron chi connectivity index (χ4n) is 2.01. The number of halogens is 3. The average Bonchev–Trinajstić information content (AvgIpc) is 3.00. The number of benzene rings is 1. The molecule has 24 heavy (non-hydrogen) atoms. The molecule has 1 unspecified atom stereocenters. The summed E-state index contributed by atoms with van der Waals surface area (Å²) in [5.74, 6) is 0.394. The molecule has 1 amide bonds. The van der Waals surface area contributed by atoms with Crippen molar-refractivity contribution in [2.45, 2.75) is 25.8 Å². The highest BCUT2D eigenvalue weighted by Gasteiger charge is 2.16. The van der Waals surface area contributed by atoms with Crippen LogP contribution in [0.25, 0.3) is 11.3 Å². The number of hydrogen-bond donors (Lipinski definition) is 1. The lowest BCUT2D eigenvalue weighted by Gasteiger charge is -2.23. The summed E-state index contributed by atoms with van der Waals surface area (Å²) >= 11 is 0. The Kier molecular flexibility index (Phi) is 9.58. The SMILES string of the molecule is CC(CN)N(C)C(=O)CCc1ncc(-c2ccccc2F)o1.Cl.Cl. The van der Waals surface area contributed by atoms with Crippen molar-refractivity contribution in [2.75, 3.05) is 13.6 Å². The van der Waals surface area contributed by atoms with E-state index in [2.05, 4.69) is 4.98 Å². The van der Waals surface area contributed by atoms with Crippen molar-refractivity contribution in [1.82, 2.24) is 9.88 Å². The van der Waals surface area contributed by atoms with Gasteiger partial charge in [-0.2, -0.15) is 0 Å². The number of rotatable bonds is 6. The lowest BCUT2D eigenvalue weighted by Crippen LogP contribution is -2.39. The predicted molar refractivity (Wildman–Crippen MR) is 96.0 cm³/mol. The first-order valence-electron chi connectivity index (χ1n) is 7.18. The Bertz CT molecular complexity index is 652. The van der Waals surface area contributed by atoms with Gasteiger partial charge in [0.1, 0.15) is 5.82 Å². The zero-order valence-electron chi connectivity index (χ0n) is 13.6. The van der Waals surface area contributed by atoms with Crippen LogP contribution in [0.1, 0.15) is 19.2 Å². The third kappa shape index (κ3) is 5.47. The highest BCUT2D eigenvalue weighted by atomic mass is 35.5. The van der Waals surface area contributed by atoms with E-state index in [1.165, 1.54) is 12.3 Å². The number of nitrogens with zero attached hydrogens (tertiary/aromatic N) is 2. The van der Waals surface area contributed by atoms with Gasteiger partial charge in [0, 0.05) is 32.5 Å². The maximum absolute atomic E-state index is 13.7. The van der Waals surface area contributed by atoms with Gasteiger partial charge in [-0.15, -0.1) is 24.8 Å². The van der Waals surface area contributed by atoms with E-state index in [0.717, 1.165) is 0 Å². The monoisotopic (exact) mass is 377 g/mol. The second-order valence-electron chi connectivity index (χ2n) is 5.19. The van der Waals surface area contributed by atoms with E-state index in [1.807, 2.05) is 6.92 Å². The molecule has 5 nitrogen and oxygen atoms in total. The summed E-state index contributed by atoms with van der Waals surface area (Å²) in [5, 5.41) is 0. The fourth-order valence-corrected chi connectivity index (χ4v) is 2.01. The van der Waals surface area contributed by atoms with E-state index in [-0.39, 0.29) is 49.0 Å². The smallest absolute Gasteiger partial charge is 0.223 e. The highest BCUT2D eigenvalue weighted by molar-refractivity contribution is 5.85. The van der Waals surface area contributed by atoms with E-state index in [0.29, 0.717) is 30.2 Å². The molecule has 0 aliphatic carbocycles. The van der Waals surface area contributed by atoms with Crippen LogP contribution in [0.4, 0.5) is 4.39 Å². The molecule has 2 aromatic rings. The molecule has 0 spiro atoms. The first kappa shape index (κ1) is 22.4. The lowest BCUT2D eigenvalue weighted by molar-refractivity contribution is -0.131. The first-order chi connectivity index (χ1) is 10.5. The Morgan fingerprint density at radius 1 is 1.38 bits per heavy atom. The Labute approximate surface area is 153 Å². The molecule has 2 rings (SSSR count). The molecule has 1 aromatic carbocycles. The van der Waals surface area contributed by atoms with Crippen molar-refractivity contribution < 1.29 is 13.6 Å². The molecule has 1 aromatic heterocycles. The molecule has 1 atom stereocenters. The highest BCUT2D eigenvalue weighted by Crippen LogP contribution is 2.23. The lowest BCUT2D eigenvalue weighted by atomic mass is 10.2. The van der Waals surface area contributed by atoms with Crippen LogP contribution in [-0.2, 0) is 11.2 Å². The molecule has 0 saturated heterocycles. The molecule has 0 radical (unpaired) electrons. The summed E-state index contributed by atoms with van der Waals surface area (Å²) in [5.41, 5.74) is 5.90. The summed E-state index contributed by atoms with van der Waals surface area (Å²) in [7, 11) is 1.72. The third-order valence-electron chi connectivity index (χ3n) is 3.64. The Morgan fingerprint density at radius 3 is 2.67 bits per heavy atom. The number of aromatic nitrogens is 1. The van der Waals surface area contributed by atoms with Gasteiger partial charge >= 0.3 is 0 Å². The van der Waals surface area contributed by atoms with E-state index in [9.17, 15) is 9.18 Å². The van der Waals surface area contributed by atoms with Crippen LogP contribution < -0.4 is 5.73 Å². The number of nitrogens with two attached hydrogens (primary N) is 1. The van der Waals surface area contributed by atoms with E-state index in [4.69, 9.17) is 10.2 Å². The topological polar surface area (TPSA) is 72.4 Å². The Morgan fingerprint density at radius 2 is 2.04 bits per heavy atom. The number of carbonyl (C=O) groups excluding carboxylic acids is 1. The minimum Gasteiger partial charge on any atom is -0.441 e. The van der Waals surface area contributed by atoms with Gasteiger partial charge in [0.2, 0.25) is 5.91 Å². The number of carbonyl (C=O) groups is 1. The molecule has 0 aliphatic heterocycles. The second kappa shape index (κ2) is 10.3. The molecule has 2 N–H and O–H groups in total. The Balaban J connectivity index is 0.00000264. The molecule has 0 aliphatic rings. The van der Waals surface area contributed by atoms with Crippen LogP contribution in [0.15, 0.2) is 34.9 Å². The molecule has 0 fully saturated rings. The number of amides is 1. The van der Waals surface area contributed by atoms with Crippen molar-refractivity contribution in [3.05, 3.63) is 42.2 Å². The maximum atomic E-state index is 13.7. The van der Waals surface area contributed by atoms with Gasteiger partial charge in [0.05, 0.1) is 11.8 Å². The van der Waals surface area contributed by atoms with Gasteiger partial charge in [0.15, 0.2) is 11.7 Å². The summed E-state index contributed by atoms with van der Waals surface area (Å²) in [6, 6.07) is 6.33. The van der Waals surface area contributed by atoms with Crippen molar-refractivity contribution >= 4 is 30.7 Å². The molecule has 1 heterocycles. The number of likely N-dealkylation sites (N-methyl/N-ethyl adjacent to an activating group) is 1. The third-order valence-corrected chi connectivity index (χ3v) is 3.64. The molecular formula is C16H22Cl2FN3O2. The number of oxazole rings is 1. The summed E-state index contributed by atoms with van der Waals surface area (Å²) < 4.78 is 19.2. The van der Waals surface area contributed by atoms with Gasteiger partial charge in [-0.05, 0) is 19.1 Å². The van der Waals surface area contributed by atoms with Crippen LogP contribution in [0.5, 0.6) is 0 Å². The van der Waals surface area contributed by atoms with Crippen LogP contribution in [0.3, 0.4) is 0 Å². The van der Waals surface area contributed by atoms with Gasteiger partial charge in [0.25, 0.3) is 0 Å². The predicted octanol–water partition coefficient (Wildman–Crippen LogP) is 3.06. The van der Waals surface area contributed by atoms with Crippen molar-refractivity contribution in [3.8, 4) is 11.3 Å². The van der Waals surface area contributed by atoms with E-state index < -0.39 is 0 Å². The van der Waals surface area contributed by atoms with Crippen LogP contribution in [0, 0.1) is 5.82 Å². The summed E-state index contributed by atoms with van der Waals surface area (Å²) in [6.07, 6.45) is 2.12. The fraction of sp³-hybridized carbons (Fsp3) is 0.375. The first-order valence-corrected chi connectivity index (χ1v) is 7.18. The quantitative estimate of drug-likeness (QED) is 0.839. The Hall–Kier alpha value is -1.63. The van der Waals surface area contributed by atoms with Crippen molar-refractivity contribution in [2.24, 2.45) is 5.73 Å². The normalized spacial score (nSPS) is 11.2. The second-order valence-corrected chi connectivity index (χ2v) is 5.19. The maximum Gasteiger partial charge on any atom is 0.223 e. The van der Waals surface area contributed by atoms with Gasteiger partial charge < -0.3 is 15.1 Å². The number of hydrogen-bond acceptors (Lipinski definition) is 4. The zero-order chi connectivity index (χ0) is 16.1. The summed E-state index contributed by atoms with van der Waals surface area (Å²) in [6.45, 7) is 2.30. The van der Waals surface area contributed by atoms with Gasteiger partial charge in [-0.1, -0.05) is 12.1 Å². The van der Waals surface area contributed by atoms with Crippen LogP contribution in [0.2, 0.25) is 0 Å².